The first-order valence-electron chi connectivity index (χ1n) is 6.55. The topological polar surface area (TPSA) is 26.0 Å². The monoisotopic (exact) mass is 227 g/mol. The molecule has 90 valence electrons. The summed E-state index contributed by atoms with van der Waals surface area (Å²) >= 11 is 0. The molecule has 2 aromatic rings. The number of unbranched alkanes of at least 4 members (excludes halogenated alkanes) is 2. The fourth-order valence-electron chi connectivity index (χ4n) is 2.22. The minimum atomic E-state index is 0.186. The van der Waals surface area contributed by atoms with Crippen molar-refractivity contribution in [3.63, 3.8) is 0 Å². The summed E-state index contributed by atoms with van der Waals surface area (Å²) in [5.41, 5.74) is 7.49. The predicted octanol–water partition coefficient (Wildman–Crippen LogP) is 4.42. The van der Waals surface area contributed by atoms with Crippen LogP contribution in [0.15, 0.2) is 42.5 Å². The summed E-state index contributed by atoms with van der Waals surface area (Å²) in [7, 11) is 0. The molecular formula is C16H21N. The predicted molar refractivity (Wildman–Crippen MR) is 75.0 cm³/mol. The van der Waals surface area contributed by atoms with Gasteiger partial charge in [-0.15, -0.1) is 0 Å². The van der Waals surface area contributed by atoms with Crippen LogP contribution in [0.3, 0.4) is 0 Å². The van der Waals surface area contributed by atoms with Crippen LogP contribution < -0.4 is 5.73 Å². The van der Waals surface area contributed by atoms with E-state index < -0.39 is 0 Å². The van der Waals surface area contributed by atoms with Crippen molar-refractivity contribution in [1.29, 1.82) is 0 Å². The highest BCUT2D eigenvalue weighted by atomic mass is 14.6. The maximum Gasteiger partial charge on any atom is 0.0295 e. The van der Waals surface area contributed by atoms with Gasteiger partial charge in [-0.05, 0) is 28.8 Å². The van der Waals surface area contributed by atoms with Crippen molar-refractivity contribution < 1.29 is 0 Å². The molecule has 1 unspecified atom stereocenters. The van der Waals surface area contributed by atoms with Gasteiger partial charge in [-0.2, -0.15) is 0 Å². The number of hydrogen-bond acceptors (Lipinski definition) is 1. The third kappa shape index (κ3) is 3.07. The van der Waals surface area contributed by atoms with E-state index in [1.165, 1.54) is 35.6 Å². The SMILES string of the molecule is CCCCCC(N)c1ccc2ccccc2c1. The van der Waals surface area contributed by atoms with E-state index in [-0.39, 0.29) is 6.04 Å². The van der Waals surface area contributed by atoms with Gasteiger partial charge in [0.25, 0.3) is 0 Å². The lowest BCUT2D eigenvalue weighted by Crippen LogP contribution is -2.09. The summed E-state index contributed by atoms with van der Waals surface area (Å²) in [5.74, 6) is 0. The summed E-state index contributed by atoms with van der Waals surface area (Å²) in [6, 6.07) is 15.2. The van der Waals surface area contributed by atoms with E-state index in [0.717, 1.165) is 6.42 Å². The van der Waals surface area contributed by atoms with Crippen molar-refractivity contribution in [2.45, 2.75) is 38.6 Å². The van der Waals surface area contributed by atoms with Crippen LogP contribution in [0, 0.1) is 0 Å². The minimum Gasteiger partial charge on any atom is -0.324 e. The Hall–Kier alpha value is -1.34. The van der Waals surface area contributed by atoms with Gasteiger partial charge >= 0.3 is 0 Å². The van der Waals surface area contributed by atoms with E-state index >= 15 is 0 Å². The molecule has 1 atom stereocenters. The Morgan fingerprint density at radius 3 is 2.53 bits per heavy atom. The second-order valence-electron chi connectivity index (χ2n) is 4.71. The number of fused-ring (bicyclic) bond motifs is 1. The highest BCUT2D eigenvalue weighted by Gasteiger charge is 2.05. The van der Waals surface area contributed by atoms with Crippen molar-refractivity contribution >= 4 is 10.8 Å². The van der Waals surface area contributed by atoms with Crippen LogP contribution >= 0.6 is 0 Å². The zero-order valence-electron chi connectivity index (χ0n) is 10.5. The normalized spacial score (nSPS) is 12.8. The van der Waals surface area contributed by atoms with E-state index in [2.05, 4.69) is 49.4 Å². The molecule has 2 rings (SSSR count). The van der Waals surface area contributed by atoms with Gasteiger partial charge in [-0.3, -0.25) is 0 Å². The average molecular weight is 227 g/mol. The molecule has 17 heavy (non-hydrogen) atoms. The van der Waals surface area contributed by atoms with Gasteiger partial charge in [0.2, 0.25) is 0 Å². The van der Waals surface area contributed by atoms with Gasteiger partial charge in [0.05, 0.1) is 0 Å². The highest BCUT2D eigenvalue weighted by molar-refractivity contribution is 5.83. The third-order valence-corrected chi connectivity index (χ3v) is 3.32. The van der Waals surface area contributed by atoms with Crippen LogP contribution in [-0.4, -0.2) is 0 Å². The molecule has 2 aromatic carbocycles. The van der Waals surface area contributed by atoms with Crippen molar-refractivity contribution in [3.8, 4) is 0 Å². The maximum atomic E-state index is 6.23. The molecule has 1 heteroatoms. The fourth-order valence-corrected chi connectivity index (χ4v) is 2.22. The molecule has 2 N–H and O–H groups in total. The van der Waals surface area contributed by atoms with E-state index in [0.29, 0.717) is 0 Å². The van der Waals surface area contributed by atoms with E-state index in [9.17, 15) is 0 Å². The maximum absolute atomic E-state index is 6.23. The number of rotatable bonds is 5. The Bertz CT molecular complexity index is 476. The van der Waals surface area contributed by atoms with Gasteiger partial charge in [0.15, 0.2) is 0 Å². The van der Waals surface area contributed by atoms with Crippen LogP contribution in [-0.2, 0) is 0 Å². The molecule has 0 heterocycles. The smallest absolute Gasteiger partial charge is 0.0295 e. The first kappa shape index (κ1) is 12.1. The Kier molecular flexibility index (Phi) is 4.16. The molecule has 0 bridgehead atoms. The van der Waals surface area contributed by atoms with E-state index in [1.807, 2.05) is 0 Å². The van der Waals surface area contributed by atoms with Crippen LogP contribution in [0.5, 0.6) is 0 Å². The minimum absolute atomic E-state index is 0.186. The number of benzene rings is 2. The first-order valence-corrected chi connectivity index (χ1v) is 6.55. The first-order chi connectivity index (χ1) is 8.31. The molecule has 0 fully saturated rings. The quantitative estimate of drug-likeness (QED) is 0.752. The summed E-state index contributed by atoms with van der Waals surface area (Å²) in [6.07, 6.45) is 4.85. The zero-order valence-corrected chi connectivity index (χ0v) is 10.5. The standard InChI is InChI=1S/C16H21N/c1-2-3-4-9-16(17)15-11-10-13-7-5-6-8-14(13)12-15/h5-8,10-12,16H,2-4,9,17H2,1H3. The lowest BCUT2D eigenvalue weighted by Gasteiger charge is -2.12. The van der Waals surface area contributed by atoms with Crippen molar-refractivity contribution in [2.75, 3.05) is 0 Å². The van der Waals surface area contributed by atoms with Gasteiger partial charge in [0, 0.05) is 6.04 Å². The highest BCUT2D eigenvalue weighted by Crippen LogP contribution is 2.22. The summed E-state index contributed by atoms with van der Waals surface area (Å²) in [4.78, 5) is 0. The van der Waals surface area contributed by atoms with Gasteiger partial charge < -0.3 is 5.73 Å². The van der Waals surface area contributed by atoms with E-state index in [1.54, 1.807) is 0 Å². The third-order valence-electron chi connectivity index (χ3n) is 3.32. The van der Waals surface area contributed by atoms with Gasteiger partial charge in [0.1, 0.15) is 0 Å². The Morgan fingerprint density at radius 2 is 1.76 bits per heavy atom. The van der Waals surface area contributed by atoms with Crippen molar-refractivity contribution in [3.05, 3.63) is 48.0 Å². The van der Waals surface area contributed by atoms with Crippen LogP contribution in [0.25, 0.3) is 10.8 Å². The summed E-state index contributed by atoms with van der Waals surface area (Å²) in [5, 5.41) is 2.58. The van der Waals surface area contributed by atoms with Crippen LogP contribution in [0.1, 0.15) is 44.2 Å². The van der Waals surface area contributed by atoms with Crippen molar-refractivity contribution in [2.24, 2.45) is 5.73 Å². The second kappa shape index (κ2) is 5.83. The molecule has 0 aromatic heterocycles. The molecule has 0 spiro atoms. The average Bonchev–Trinajstić information content (AvgIpc) is 2.38. The molecular weight excluding hydrogens is 206 g/mol. The molecule has 0 aliphatic carbocycles. The second-order valence-corrected chi connectivity index (χ2v) is 4.71. The Morgan fingerprint density at radius 1 is 1.00 bits per heavy atom. The molecule has 0 saturated heterocycles. The summed E-state index contributed by atoms with van der Waals surface area (Å²) < 4.78 is 0. The lowest BCUT2D eigenvalue weighted by atomic mass is 9.98. The zero-order chi connectivity index (χ0) is 12.1. The van der Waals surface area contributed by atoms with Gasteiger partial charge in [-0.25, -0.2) is 0 Å². The van der Waals surface area contributed by atoms with Crippen molar-refractivity contribution in [1.82, 2.24) is 0 Å². The summed E-state index contributed by atoms with van der Waals surface area (Å²) in [6.45, 7) is 2.22. The lowest BCUT2D eigenvalue weighted by molar-refractivity contribution is 0.581. The molecule has 0 saturated carbocycles. The fraction of sp³-hybridized carbons (Fsp3) is 0.375. The number of nitrogens with two attached hydrogens (primary N) is 1. The van der Waals surface area contributed by atoms with Crippen LogP contribution in [0.2, 0.25) is 0 Å². The molecule has 1 nitrogen and oxygen atoms in total. The number of hydrogen-bond donors (Lipinski definition) is 1. The van der Waals surface area contributed by atoms with Crippen LogP contribution in [0.4, 0.5) is 0 Å². The molecule has 0 radical (unpaired) electrons. The molecule has 0 aliphatic heterocycles. The van der Waals surface area contributed by atoms with Gasteiger partial charge in [-0.1, -0.05) is 62.6 Å². The Labute approximate surface area is 104 Å². The largest absolute Gasteiger partial charge is 0.324 e. The molecule has 0 aliphatic rings. The van der Waals surface area contributed by atoms with E-state index in [4.69, 9.17) is 5.73 Å². The Balaban J connectivity index is 2.12. The molecule has 0 amide bonds.